The molecule has 0 aliphatic carbocycles. The zero-order valence-corrected chi connectivity index (χ0v) is 13.2. The van der Waals surface area contributed by atoms with E-state index in [2.05, 4.69) is 49.0 Å². The number of aromatic nitrogens is 2. The van der Waals surface area contributed by atoms with Crippen LogP contribution in [-0.4, -0.2) is 16.3 Å². The van der Waals surface area contributed by atoms with E-state index in [1.165, 1.54) is 49.9 Å². The fourth-order valence-corrected chi connectivity index (χ4v) is 2.49. The van der Waals surface area contributed by atoms with Gasteiger partial charge in [0, 0.05) is 13.1 Å². The van der Waals surface area contributed by atoms with E-state index in [9.17, 15) is 0 Å². The van der Waals surface area contributed by atoms with Crippen LogP contribution in [0.5, 0.6) is 0 Å². The van der Waals surface area contributed by atoms with Crippen LogP contribution in [0, 0.1) is 0 Å². The molecule has 0 saturated heterocycles. The first-order chi connectivity index (χ1) is 9.22. The number of nitrogens with zero attached hydrogens (tertiary/aromatic N) is 2. The van der Waals surface area contributed by atoms with Crippen molar-refractivity contribution in [3.05, 3.63) is 17.5 Å². The van der Waals surface area contributed by atoms with Crippen LogP contribution >= 0.6 is 0 Å². The molecule has 0 fully saturated rings. The average Bonchev–Trinajstić information content (AvgIpc) is 2.79. The average molecular weight is 265 g/mol. The number of hydrogen-bond donors (Lipinski definition) is 1. The van der Waals surface area contributed by atoms with E-state index in [0.29, 0.717) is 6.04 Å². The molecule has 0 radical (unpaired) electrons. The molecule has 0 saturated carbocycles. The monoisotopic (exact) mass is 265 g/mol. The Labute approximate surface area is 118 Å². The molecule has 1 heterocycles. The minimum absolute atomic E-state index is 0.467. The first kappa shape index (κ1) is 16.2. The van der Waals surface area contributed by atoms with Crippen molar-refractivity contribution in [3.8, 4) is 0 Å². The van der Waals surface area contributed by atoms with Gasteiger partial charge in [-0.1, -0.05) is 46.5 Å². The molecule has 0 amide bonds. The van der Waals surface area contributed by atoms with Crippen molar-refractivity contribution in [2.75, 3.05) is 6.54 Å². The Balaban J connectivity index is 2.62. The van der Waals surface area contributed by atoms with Crippen molar-refractivity contribution in [2.24, 2.45) is 7.05 Å². The molecule has 1 N–H and O–H groups in total. The lowest BCUT2D eigenvalue weighted by atomic mass is 10.0. The molecule has 19 heavy (non-hydrogen) atoms. The second kappa shape index (κ2) is 9.13. The van der Waals surface area contributed by atoms with Crippen molar-refractivity contribution >= 4 is 0 Å². The van der Waals surface area contributed by atoms with Gasteiger partial charge in [0.1, 0.15) is 0 Å². The predicted octanol–water partition coefficient (Wildman–Crippen LogP) is 3.99. The molecule has 3 nitrogen and oxygen atoms in total. The highest BCUT2D eigenvalue weighted by molar-refractivity contribution is 5.14. The maximum atomic E-state index is 4.58. The summed E-state index contributed by atoms with van der Waals surface area (Å²) in [7, 11) is 2.07. The van der Waals surface area contributed by atoms with Crippen LogP contribution in [0.25, 0.3) is 0 Å². The normalized spacial score (nSPS) is 12.8. The second-order valence-electron chi connectivity index (χ2n) is 5.39. The third-order valence-electron chi connectivity index (χ3n) is 3.67. The minimum Gasteiger partial charge on any atom is -0.309 e. The van der Waals surface area contributed by atoms with E-state index in [0.717, 1.165) is 13.0 Å². The summed E-state index contributed by atoms with van der Waals surface area (Å²) >= 11 is 0. The third kappa shape index (κ3) is 5.35. The Hall–Kier alpha value is -0.830. The zero-order chi connectivity index (χ0) is 14.1. The van der Waals surface area contributed by atoms with Crippen molar-refractivity contribution < 1.29 is 0 Å². The van der Waals surface area contributed by atoms with Crippen molar-refractivity contribution in [1.29, 1.82) is 0 Å². The summed E-state index contributed by atoms with van der Waals surface area (Å²) in [5.41, 5.74) is 2.55. The Morgan fingerprint density at radius 3 is 2.53 bits per heavy atom. The summed E-state index contributed by atoms with van der Waals surface area (Å²) < 4.78 is 2.06. The summed E-state index contributed by atoms with van der Waals surface area (Å²) in [4.78, 5) is 0. The van der Waals surface area contributed by atoms with Crippen LogP contribution in [0.3, 0.4) is 0 Å². The van der Waals surface area contributed by atoms with Gasteiger partial charge in [0.05, 0.1) is 11.4 Å². The van der Waals surface area contributed by atoms with Crippen LogP contribution in [0.4, 0.5) is 0 Å². The number of aryl methyl sites for hydroxylation is 2. The SMILES string of the molecule is CCCCCCC(NCCC)c1cc(CC)nn1C. The number of unbranched alkanes of at least 4 members (excludes halogenated alkanes) is 3. The molecule has 3 heteroatoms. The number of nitrogens with one attached hydrogen (secondary N) is 1. The van der Waals surface area contributed by atoms with Crippen molar-refractivity contribution in [1.82, 2.24) is 15.1 Å². The Morgan fingerprint density at radius 1 is 1.16 bits per heavy atom. The summed E-state index contributed by atoms with van der Waals surface area (Å²) in [6.07, 6.45) is 8.74. The maximum absolute atomic E-state index is 4.58. The van der Waals surface area contributed by atoms with Gasteiger partial charge in [0.15, 0.2) is 0 Å². The van der Waals surface area contributed by atoms with E-state index in [1.807, 2.05) is 0 Å². The highest BCUT2D eigenvalue weighted by Gasteiger charge is 2.15. The molecule has 1 rings (SSSR count). The highest BCUT2D eigenvalue weighted by atomic mass is 15.3. The molecule has 1 atom stereocenters. The molecular formula is C16H31N3. The number of hydrogen-bond acceptors (Lipinski definition) is 2. The minimum atomic E-state index is 0.467. The van der Waals surface area contributed by atoms with Gasteiger partial charge in [-0.3, -0.25) is 4.68 Å². The Bertz CT molecular complexity index is 344. The Morgan fingerprint density at radius 2 is 1.95 bits per heavy atom. The first-order valence-electron chi connectivity index (χ1n) is 7.99. The molecule has 0 spiro atoms. The summed E-state index contributed by atoms with van der Waals surface area (Å²) in [6.45, 7) is 7.75. The third-order valence-corrected chi connectivity index (χ3v) is 3.67. The van der Waals surface area contributed by atoms with Gasteiger partial charge in [-0.05, 0) is 31.9 Å². The lowest BCUT2D eigenvalue weighted by Gasteiger charge is -2.18. The van der Waals surface area contributed by atoms with Gasteiger partial charge in [0.2, 0.25) is 0 Å². The van der Waals surface area contributed by atoms with Crippen LogP contribution in [0.1, 0.15) is 76.7 Å². The molecule has 1 aromatic heterocycles. The van der Waals surface area contributed by atoms with E-state index in [1.54, 1.807) is 0 Å². The predicted molar refractivity (Wildman–Crippen MR) is 82.4 cm³/mol. The van der Waals surface area contributed by atoms with Gasteiger partial charge >= 0.3 is 0 Å². The van der Waals surface area contributed by atoms with Gasteiger partial charge in [0.25, 0.3) is 0 Å². The topological polar surface area (TPSA) is 29.9 Å². The highest BCUT2D eigenvalue weighted by Crippen LogP contribution is 2.21. The fourth-order valence-electron chi connectivity index (χ4n) is 2.49. The largest absolute Gasteiger partial charge is 0.309 e. The van der Waals surface area contributed by atoms with Gasteiger partial charge in [-0.2, -0.15) is 5.10 Å². The van der Waals surface area contributed by atoms with E-state index in [-0.39, 0.29) is 0 Å². The summed E-state index contributed by atoms with van der Waals surface area (Å²) in [6, 6.07) is 2.74. The number of rotatable bonds is 10. The first-order valence-corrected chi connectivity index (χ1v) is 7.99. The van der Waals surface area contributed by atoms with Gasteiger partial charge < -0.3 is 5.32 Å². The smallest absolute Gasteiger partial charge is 0.0625 e. The molecule has 0 aromatic carbocycles. The lowest BCUT2D eigenvalue weighted by Crippen LogP contribution is -2.24. The lowest BCUT2D eigenvalue weighted by molar-refractivity contribution is 0.445. The molecule has 1 unspecified atom stereocenters. The molecule has 110 valence electrons. The molecule has 0 aliphatic rings. The van der Waals surface area contributed by atoms with Crippen molar-refractivity contribution in [3.63, 3.8) is 0 Å². The van der Waals surface area contributed by atoms with Crippen LogP contribution in [-0.2, 0) is 13.5 Å². The summed E-state index contributed by atoms with van der Waals surface area (Å²) in [5, 5.41) is 8.26. The molecule has 1 aromatic rings. The van der Waals surface area contributed by atoms with Crippen molar-refractivity contribution in [2.45, 2.75) is 71.8 Å². The molecule has 0 bridgehead atoms. The quantitative estimate of drug-likeness (QED) is 0.648. The standard InChI is InChI=1S/C16H31N3/c1-5-8-9-10-11-15(17-12-6-2)16-13-14(7-3)18-19(16)4/h13,15,17H,5-12H2,1-4H3. The second-order valence-corrected chi connectivity index (χ2v) is 5.39. The Kier molecular flexibility index (Phi) is 7.80. The van der Waals surface area contributed by atoms with E-state index >= 15 is 0 Å². The maximum Gasteiger partial charge on any atom is 0.0625 e. The molecule has 0 aliphatic heterocycles. The van der Waals surface area contributed by atoms with Crippen LogP contribution in [0.2, 0.25) is 0 Å². The molecular weight excluding hydrogens is 234 g/mol. The summed E-state index contributed by atoms with van der Waals surface area (Å²) in [5.74, 6) is 0. The van der Waals surface area contributed by atoms with Gasteiger partial charge in [-0.15, -0.1) is 0 Å². The van der Waals surface area contributed by atoms with Crippen LogP contribution in [0.15, 0.2) is 6.07 Å². The van der Waals surface area contributed by atoms with E-state index in [4.69, 9.17) is 0 Å². The van der Waals surface area contributed by atoms with Gasteiger partial charge in [-0.25, -0.2) is 0 Å². The van der Waals surface area contributed by atoms with Crippen LogP contribution < -0.4 is 5.32 Å². The van der Waals surface area contributed by atoms with E-state index < -0.39 is 0 Å². The fraction of sp³-hybridized carbons (Fsp3) is 0.812. The zero-order valence-electron chi connectivity index (χ0n) is 13.2.